The van der Waals surface area contributed by atoms with Crippen LogP contribution < -0.4 is 5.32 Å². The van der Waals surface area contributed by atoms with Crippen molar-refractivity contribution >= 4 is 11.8 Å². The van der Waals surface area contributed by atoms with Gasteiger partial charge in [-0.1, -0.05) is 20.8 Å². The van der Waals surface area contributed by atoms with Crippen LogP contribution >= 0.6 is 0 Å². The fraction of sp³-hybridized carbons (Fsp3) is 0.500. The summed E-state index contributed by atoms with van der Waals surface area (Å²) in [5.41, 5.74) is 0.211. The quantitative estimate of drug-likeness (QED) is 0.803. The molecule has 0 aromatic carbocycles. The zero-order valence-corrected chi connectivity index (χ0v) is 9.90. The molecular weight excluding hydrogens is 204 g/mol. The SMILES string of the molecule is CC(C)C(C)CNc1ccc(C(=O)O)cn1. The van der Waals surface area contributed by atoms with Crippen LogP contribution in [0.2, 0.25) is 0 Å². The van der Waals surface area contributed by atoms with Gasteiger partial charge in [-0.05, 0) is 24.0 Å². The summed E-state index contributed by atoms with van der Waals surface area (Å²) in [5, 5.41) is 11.9. The summed E-state index contributed by atoms with van der Waals surface area (Å²) >= 11 is 0. The van der Waals surface area contributed by atoms with Gasteiger partial charge in [-0.15, -0.1) is 0 Å². The third-order valence-electron chi connectivity index (χ3n) is 2.75. The minimum absolute atomic E-state index is 0.211. The van der Waals surface area contributed by atoms with Crippen LogP contribution in [0.3, 0.4) is 0 Å². The maximum atomic E-state index is 10.6. The average molecular weight is 222 g/mol. The first kappa shape index (κ1) is 12.5. The zero-order valence-electron chi connectivity index (χ0n) is 9.90. The minimum Gasteiger partial charge on any atom is -0.478 e. The highest BCUT2D eigenvalue weighted by molar-refractivity contribution is 5.87. The van der Waals surface area contributed by atoms with E-state index >= 15 is 0 Å². The fourth-order valence-corrected chi connectivity index (χ4v) is 1.13. The largest absolute Gasteiger partial charge is 0.478 e. The lowest BCUT2D eigenvalue weighted by molar-refractivity contribution is 0.0696. The van der Waals surface area contributed by atoms with Crippen LogP contribution in [0.4, 0.5) is 5.82 Å². The number of anilines is 1. The van der Waals surface area contributed by atoms with E-state index in [9.17, 15) is 4.79 Å². The van der Waals surface area contributed by atoms with Crippen LogP contribution in [0.5, 0.6) is 0 Å². The molecule has 4 nitrogen and oxygen atoms in total. The first-order valence-corrected chi connectivity index (χ1v) is 5.44. The van der Waals surface area contributed by atoms with E-state index in [4.69, 9.17) is 5.11 Å². The van der Waals surface area contributed by atoms with Gasteiger partial charge in [-0.3, -0.25) is 0 Å². The van der Waals surface area contributed by atoms with E-state index in [-0.39, 0.29) is 5.56 Å². The number of nitrogens with one attached hydrogen (secondary N) is 1. The summed E-state index contributed by atoms with van der Waals surface area (Å²) in [5.74, 6) is 0.943. The fourth-order valence-electron chi connectivity index (χ4n) is 1.13. The number of rotatable bonds is 5. The molecule has 1 heterocycles. The molecular formula is C12H18N2O2. The predicted octanol–water partition coefficient (Wildman–Crippen LogP) is 2.48. The second-order valence-electron chi connectivity index (χ2n) is 4.34. The van der Waals surface area contributed by atoms with E-state index in [1.807, 2.05) is 0 Å². The molecule has 16 heavy (non-hydrogen) atoms. The van der Waals surface area contributed by atoms with Gasteiger partial charge in [-0.2, -0.15) is 0 Å². The molecule has 1 atom stereocenters. The van der Waals surface area contributed by atoms with Crippen LogP contribution in [0.15, 0.2) is 18.3 Å². The standard InChI is InChI=1S/C12H18N2O2/c1-8(2)9(3)6-13-11-5-4-10(7-14-11)12(15)16/h4-5,7-9H,6H2,1-3H3,(H,13,14)(H,15,16). The van der Waals surface area contributed by atoms with Gasteiger partial charge in [0.15, 0.2) is 0 Å². The number of hydrogen-bond acceptors (Lipinski definition) is 3. The number of aromatic nitrogens is 1. The molecule has 88 valence electrons. The first-order valence-electron chi connectivity index (χ1n) is 5.44. The molecule has 0 aliphatic carbocycles. The predicted molar refractivity (Wildman–Crippen MR) is 63.7 cm³/mol. The lowest BCUT2D eigenvalue weighted by atomic mass is 9.98. The number of carboxylic acid groups (broad SMARTS) is 1. The van der Waals surface area contributed by atoms with E-state index in [1.165, 1.54) is 6.20 Å². The summed E-state index contributed by atoms with van der Waals surface area (Å²) in [4.78, 5) is 14.6. The Morgan fingerprint density at radius 2 is 2.12 bits per heavy atom. The number of carboxylic acids is 1. The van der Waals surface area contributed by atoms with Crippen molar-refractivity contribution in [1.82, 2.24) is 4.98 Å². The smallest absolute Gasteiger partial charge is 0.337 e. The van der Waals surface area contributed by atoms with Crippen LogP contribution in [-0.4, -0.2) is 22.6 Å². The molecule has 1 unspecified atom stereocenters. The van der Waals surface area contributed by atoms with Gasteiger partial charge in [0.2, 0.25) is 0 Å². The summed E-state index contributed by atoms with van der Waals surface area (Å²) in [7, 11) is 0. The Kier molecular flexibility index (Phi) is 4.28. The van der Waals surface area contributed by atoms with E-state index in [0.29, 0.717) is 11.8 Å². The highest BCUT2D eigenvalue weighted by Gasteiger charge is 2.07. The van der Waals surface area contributed by atoms with Crippen molar-refractivity contribution in [2.75, 3.05) is 11.9 Å². The highest BCUT2D eigenvalue weighted by atomic mass is 16.4. The van der Waals surface area contributed by atoms with Crippen LogP contribution in [0.1, 0.15) is 31.1 Å². The topological polar surface area (TPSA) is 62.2 Å². The molecule has 0 aliphatic heterocycles. The number of hydrogen-bond donors (Lipinski definition) is 2. The molecule has 0 bridgehead atoms. The minimum atomic E-state index is -0.949. The zero-order chi connectivity index (χ0) is 12.1. The van der Waals surface area contributed by atoms with Crippen molar-refractivity contribution in [2.45, 2.75) is 20.8 Å². The molecule has 0 radical (unpaired) electrons. The Hall–Kier alpha value is -1.58. The first-order chi connectivity index (χ1) is 7.50. The second-order valence-corrected chi connectivity index (χ2v) is 4.34. The maximum Gasteiger partial charge on any atom is 0.337 e. The Morgan fingerprint density at radius 1 is 1.44 bits per heavy atom. The lowest BCUT2D eigenvalue weighted by Gasteiger charge is -2.16. The molecule has 1 aromatic heterocycles. The van der Waals surface area contributed by atoms with E-state index in [2.05, 4.69) is 31.1 Å². The number of carbonyl (C=O) groups is 1. The molecule has 0 spiro atoms. The molecule has 0 saturated heterocycles. The van der Waals surface area contributed by atoms with Gasteiger partial charge in [0.25, 0.3) is 0 Å². The molecule has 0 amide bonds. The van der Waals surface area contributed by atoms with Gasteiger partial charge in [0.1, 0.15) is 5.82 Å². The van der Waals surface area contributed by atoms with Crippen molar-refractivity contribution in [3.63, 3.8) is 0 Å². The third-order valence-corrected chi connectivity index (χ3v) is 2.75. The maximum absolute atomic E-state index is 10.6. The summed E-state index contributed by atoms with van der Waals surface area (Å²) in [6.45, 7) is 7.36. The summed E-state index contributed by atoms with van der Waals surface area (Å²) in [6.07, 6.45) is 1.37. The van der Waals surface area contributed by atoms with E-state index < -0.39 is 5.97 Å². The van der Waals surface area contributed by atoms with E-state index in [0.717, 1.165) is 12.4 Å². The lowest BCUT2D eigenvalue weighted by Crippen LogP contribution is -2.16. The van der Waals surface area contributed by atoms with Gasteiger partial charge in [0.05, 0.1) is 5.56 Å². The number of pyridine rings is 1. The van der Waals surface area contributed by atoms with Crippen molar-refractivity contribution in [3.05, 3.63) is 23.9 Å². The normalized spacial score (nSPS) is 12.5. The molecule has 1 rings (SSSR count). The van der Waals surface area contributed by atoms with Crippen molar-refractivity contribution in [1.29, 1.82) is 0 Å². The molecule has 1 aromatic rings. The van der Waals surface area contributed by atoms with Crippen LogP contribution in [0, 0.1) is 11.8 Å². The van der Waals surface area contributed by atoms with Gasteiger partial charge >= 0.3 is 5.97 Å². The molecule has 0 fully saturated rings. The van der Waals surface area contributed by atoms with E-state index in [1.54, 1.807) is 12.1 Å². The van der Waals surface area contributed by atoms with Crippen LogP contribution in [-0.2, 0) is 0 Å². The Balaban J connectivity index is 2.53. The van der Waals surface area contributed by atoms with Gasteiger partial charge in [0, 0.05) is 12.7 Å². The van der Waals surface area contributed by atoms with Gasteiger partial charge in [-0.25, -0.2) is 9.78 Å². The summed E-state index contributed by atoms with van der Waals surface area (Å²) < 4.78 is 0. The Morgan fingerprint density at radius 3 is 2.56 bits per heavy atom. The molecule has 0 aliphatic rings. The molecule has 0 saturated carbocycles. The Labute approximate surface area is 95.7 Å². The summed E-state index contributed by atoms with van der Waals surface area (Å²) in [6, 6.07) is 3.24. The number of nitrogens with zero attached hydrogens (tertiary/aromatic N) is 1. The van der Waals surface area contributed by atoms with Crippen LogP contribution in [0.25, 0.3) is 0 Å². The molecule has 4 heteroatoms. The highest BCUT2D eigenvalue weighted by Crippen LogP contribution is 2.11. The van der Waals surface area contributed by atoms with Crippen molar-refractivity contribution in [3.8, 4) is 0 Å². The van der Waals surface area contributed by atoms with Gasteiger partial charge < -0.3 is 10.4 Å². The number of aromatic carboxylic acids is 1. The Bertz CT molecular complexity index is 347. The van der Waals surface area contributed by atoms with Crippen molar-refractivity contribution < 1.29 is 9.90 Å². The second kappa shape index (κ2) is 5.49. The monoisotopic (exact) mass is 222 g/mol. The third kappa shape index (κ3) is 3.53. The molecule has 2 N–H and O–H groups in total. The average Bonchev–Trinajstić information content (AvgIpc) is 2.26. The van der Waals surface area contributed by atoms with Crippen molar-refractivity contribution in [2.24, 2.45) is 11.8 Å².